The fraction of sp³-hybridized carbons (Fsp3) is 0.562. The van der Waals surface area contributed by atoms with Gasteiger partial charge < -0.3 is 4.74 Å². The maximum absolute atomic E-state index is 11.9. The number of nitrogens with zero attached hydrogens (tertiary/aromatic N) is 3. The Labute approximate surface area is 139 Å². The van der Waals surface area contributed by atoms with E-state index in [9.17, 15) is 4.79 Å². The Morgan fingerprint density at radius 1 is 1.52 bits per heavy atom. The monoisotopic (exact) mass is 334 g/mol. The van der Waals surface area contributed by atoms with Gasteiger partial charge in [0.2, 0.25) is 0 Å². The molecular formula is C16H22N4O2S. The Morgan fingerprint density at radius 3 is 3.22 bits per heavy atom. The molecule has 2 atom stereocenters. The van der Waals surface area contributed by atoms with E-state index in [2.05, 4.69) is 28.2 Å². The molecular weight excluding hydrogens is 312 g/mol. The predicted molar refractivity (Wildman–Crippen MR) is 89.6 cm³/mol. The van der Waals surface area contributed by atoms with E-state index in [0.29, 0.717) is 5.25 Å². The van der Waals surface area contributed by atoms with Gasteiger partial charge in [-0.25, -0.2) is 9.89 Å². The van der Waals surface area contributed by atoms with Gasteiger partial charge in [0.1, 0.15) is 0 Å². The average Bonchev–Trinajstić information content (AvgIpc) is 2.94. The summed E-state index contributed by atoms with van der Waals surface area (Å²) in [5.41, 5.74) is 1.00. The summed E-state index contributed by atoms with van der Waals surface area (Å²) < 4.78 is 7.63. The van der Waals surface area contributed by atoms with E-state index in [-0.39, 0.29) is 11.8 Å². The molecule has 1 fully saturated rings. The first kappa shape index (κ1) is 16.3. The van der Waals surface area contributed by atoms with Crippen molar-refractivity contribution < 1.29 is 4.74 Å². The highest BCUT2D eigenvalue weighted by Crippen LogP contribution is 2.36. The minimum atomic E-state index is -0.114. The molecule has 1 N–H and O–H groups in total. The van der Waals surface area contributed by atoms with Crippen molar-refractivity contribution in [1.29, 1.82) is 0 Å². The van der Waals surface area contributed by atoms with Gasteiger partial charge in [0.05, 0.1) is 6.10 Å². The first-order valence-electron chi connectivity index (χ1n) is 8.11. The van der Waals surface area contributed by atoms with Gasteiger partial charge in [0.15, 0.2) is 5.16 Å². The number of nitrogens with one attached hydrogen (secondary N) is 1. The normalized spacial score (nSPS) is 21.4. The van der Waals surface area contributed by atoms with Crippen molar-refractivity contribution in [3.8, 4) is 0 Å². The molecule has 1 saturated heterocycles. The van der Waals surface area contributed by atoms with Crippen LogP contribution < -0.4 is 5.69 Å². The molecule has 0 unspecified atom stereocenters. The second-order valence-corrected chi connectivity index (χ2v) is 6.99. The Balaban J connectivity index is 1.67. The number of ether oxygens (including phenoxy) is 1. The fourth-order valence-electron chi connectivity index (χ4n) is 2.73. The average molecular weight is 334 g/mol. The molecule has 3 rings (SSSR count). The molecule has 2 aromatic heterocycles. The highest BCUT2D eigenvalue weighted by molar-refractivity contribution is 7.99. The lowest BCUT2D eigenvalue weighted by Crippen LogP contribution is -2.23. The third-order valence-electron chi connectivity index (χ3n) is 4.02. The minimum absolute atomic E-state index is 0.0738. The number of pyridine rings is 1. The highest BCUT2D eigenvalue weighted by Gasteiger charge is 2.26. The van der Waals surface area contributed by atoms with Crippen LogP contribution in [0.15, 0.2) is 34.5 Å². The summed E-state index contributed by atoms with van der Waals surface area (Å²) in [5, 5.41) is 7.95. The summed E-state index contributed by atoms with van der Waals surface area (Å²) in [6, 6.07) is 3.99. The van der Waals surface area contributed by atoms with Crippen molar-refractivity contribution in [1.82, 2.24) is 19.7 Å². The van der Waals surface area contributed by atoms with Crippen LogP contribution in [0.5, 0.6) is 0 Å². The van der Waals surface area contributed by atoms with Crippen LogP contribution in [-0.2, 0) is 11.3 Å². The summed E-state index contributed by atoms with van der Waals surface area (Å²) >= 11 is 1.68. The summed E-state index contributed by atoms with van der Waals surface area (Å²) in [7, 11) is 0. The smallest absolute Gasteiger partial charge is 0.343 e. The third kappa shape index (κ3) is 4.03. The molecule has 0 amide bonds. The van der Waals surface area contributed by atoms with E-state index in [4.69, 9.17) is 4.74 Å². The standard InChI is InChI=1S/C16H22N4O2S/c1-2-3-8-20-15(21)18-19-16(20)23-13-6-9-22-14(10-13)12-5-4-7-17-11-12/h4-5,7,11,13-14H,2-3,6,8-10H2,1H3,(H,18,21)/t13-,14+/m1/s1. The lowest BCUT2D eigenvalue weighted by atomic mass is 10.0. The van der Waals surface area contributed by atoms with Gasteiger partial charge in [0.25, 0.3) is 0 Å². The van der Waals surface area contributed by atoms with Gasteiger partial charge in [-0.2, -0.15) is 0 Å². The molecule has 124 valence electrons. The molecule has 3 heterocycles. The van der Waals surface area contributed by atoms with Gasteiger partial charge in [-0.1, -0.05) is 31.2 Å². The first-order chi connectivity index (χ1) is 11.3. The van der Waals surface area contributed by atoms with Crippen LogP contribution >= 0.6 is 11.8 Å². The number of rotatable bonds is 6. The minimum Gasteiger partial charge on any atom is -0.373 e. The number of hydrogen-bond donors (Lipinski definition) is 1. The maximum atomic E-state index is 11.9. The van der Waals surface area contributed by atoms with Crippen molar-refractivity contribution in [3.63, 3.8) is 0 Å². The molecule has 0 aromatic carbocycles. The van der Waals surface area contributed by atoms with Gasteiger partial charge >= 0.3 is 5.69 Å². The van der Waals surface area contributed by atoms with Gasteiger partial charge in [-0.15, -0.1) is 5.10 Å². The van der Waals surface area contributed by atoms with Crippen LogP contribution in [0, 0.1) is 0 Å². The van der Waals surface area contributed by atoms with Crippen LogP contribution in [0.4, 0.5) is 0 Å². The predicted octanol–water partition coefficient (Wildman–Crippen LogP) is 2.78. The second kappa shape index (κ2) is 7.79. The lowest BCUT2D eigenvalue weighted by Gasteiger charge is -2.29. The first-order valence-corrected chi connectivity index (χ1v) is 8.99. The molecule has 0 saturated carbocycles. The van der Waals surface area contributed by atoms with Crippen LogP contribution in [0.3, 0.4) is 0 Å². The van der Waals surface area contributed by atoms with Crippen molar-refractivity contribution in [2.24, 2.45) is 0 Å². The molecule has 0 radical (unpaired) electrons. The molecule has 1 aliphatic heterocycles. The van der Waals surface area contributed by atoms with Crippen molar-refractivity contribution in [2.45, 2.75) is 55.7 Å². The SMILES string of the molecule is CCCCn1c(S[C@@H]2CCO[C@H](c3cccnc3)C2)n[nH]c1=O. The molecule has 1 aliphatic rings. The van der Waals surface area contributed by atoms with Crippen LogP contribution in [0.2, 0.25) is 0 Å². The Bertz CT molecular complexity index is 670. The van der Waals surface area contributed by atoms with Gasteiger partial charge in [-0.3, -0.25) is 9.55 Å². The molecule has 0 bridgehead atoms. The van der Waals surface area contributed by atoms with Gasteiger partial charge in [-0.05, 0) is 30.9 Å². The molecule has 23 heavy (non-hydrogen) atoms. The van der Waals surface area contributed by atoms with Crippen molar-refractivity contribution >= 4 is 11.8 Å². The van der Waals surface area contributed by atoms with Crippen molar-refractivity contribution in [3.05, 3.63) is 40.6 Å². The van der Waals surface area contributed by atoms with Gasteiger partial charge in [0, 0.05) is 30.8 Å². The quantitative estimate of drug-likeness (QED) is 0.879. The topological polar surface area (TPSA) is 72.8 Å². The second-order valence-electron chi connectivity index (χ2n) is 5.73. The van der Waals surface area contributed by atoms with E-state index in [1.54, 1.807) is 22.5 Å². The van der Waals surface area contributed by atoms with E-state index in [1.807, 2.05) is 12.3 Å². The molecule has 6 nitrogen and oxygen atoms in total. The highest BCUT2D eigenvalue weighted by atomic mass is 32.2. The van der Waals surface area contributed by atoms with Crippen LogP contribution in [0.1, 0.15) is 44.3 Å². The number of unbranched alkanes of at least 4 members (excludes halogenated alkanes) is 1. The molecule has 2 aromatic rings. The Morgan fingerprint density at radius 2 is 2.43 bits per heavy atom. The summed E-state index contributed by atoms with van der Waals surface area (Å²) in [6.45, 7) is 3.57. The summed E-state index contributed by atoms with van der Waals surface area (Å²) in [6.07, 6.45) is 7.63. The number of hydrogen-bond acceptors (Lipinski definition) is 5. The van der Waals surface area contributed by atoms with Crippen molar-refractivity contribution in [2.75, 3.05) is 6.61 Å². The zero-order valence-corrected chi connectivity index (χ0v) is 14.1. The van der Waals surface area contributed by atoms with E-state index >= 15 is 0 Å². The largest absolute Gasteiger partial charge is 0.373 e. The van der Waals surface area contributed by atoms with E-state index < -0.39 is 0 Å². The molecule has 0 aliphatic carbocycles. The Kier molecular flexibility index (Phi) is 5.51. The zero-order valence-electron chi connectivity index (χ0n) is 13.3. The lowest BCUT2D eigenvalue weighted by molar-refractivity contribution is 0.0176. The maximum Gasteiger partial charge on any atom is 0.343 e. The molecule has 7 heteroatoms. The fourth-order valence-corrected chi connectivity index (χ4v) is 3.91. The number of aromatic amines is 1. The van der Waals surface area contributed by atoms with E-state index in [0.717, 1.165) is 49.6 Å². The zero-order chi connectivity index (χ0) is 16.1. The summed E-state index contributed by atoms with van der Waals surface area (Å²) in [5.74, 6) is 0. The third-order valence-corrected chi connectivity index (χ3v) is 5.31. The summed E-state index contributed by atoms with van der Waals surface area (Å²) in [4.78, 5) is 16.0. The van der Waals surface area contributed by atoms with Crippen LogP contribution in [-0.4, -0.2) is 31.6 Å². The van der Waals surface area contributed by atoms with E-state index in [1.165, 1.54) is 0 Å². The number of aromatic nitrogens is 4. The molecule has 0 spiro atoms. The van der Waals surface area contributed by atoms with Crippen LogP contribution in [0.25, 0.3) is 0 Å². The Hall–Kier alpha value is -1.60. The number of H-pyrrole nitrogens is 1. The number of thioether (sulfide) groups is 1.